The first-order valence-electron chi connectivity index (χ1n) is 10.6. The van der Waals surface area contributed by atoms with Crippen molar-refractivity contribution in [3.8, 4) is 17.2 Å². The molecule has 2 N–H and O–H groups in total. The molecule has 0 aromatic heterocycles. The van der Waals surface area contributed by atoms with Crippen molar-refractivity contribution in [2.75, 3.05) is 6.61 Å². The van der Waals surface area contributed by atoms with Gasteiger partial charge in [0.2, 0.25) is 0 Å². The number of aromatic hydroxyl groups is 1. The average molecular weight is 440 g/mol. The normalized spacial score (nSPS) is 10.9. The molecule has 166 valence electrons. The first kappa shape index (κ1) is 21.9. The fourth-order valence-electron chi connectivity index (χ4n) is 3.36. The number of ether oxygens (including phenoxy) is 2. The zero-order chi connectivity index (χ0) is 23.0. The zero-order valence-corrected chi connectivity index (χ0v) is 18.2. The zero-order valence-electron chi connectivity index (χ0n) is 18.2. The van der Waals surface area contributed by atoms with Crippen LogP contribution in [0.15, 0.2) is 90.0 Å². The molecular formula is C27H24N2O4. The van der Waals surface area contributed by atoms with E-state index >= 15 is 0 Å². The van der Waals surface area contributed by atoms with Crippen molar-refractivity contribution in [2.45, 2.75) is 13.5 Å². The molecule has 0 saturated heterocycles. The standard InChI is InChI=1S/C27H24N2O4/c1-2-32-26-14-20(12-13-25(26)33-18-19-8-4-3-5-9-19)17-28-29-27(31)23-15-21-10-6-7-11-22(21)16-24(23)30/h3-17,30H,2,18H2,1H3,(H,29,31)/b28-17+. The number of phenolic OH excluding ortho intramolecular Hbond substituents is 1. The Balaban J connectivity index is 1.44. The molecule has 0 atom stereocenters. The predicted octanol–water partition coefficient (Wildman–Crippen LogP) is 5.29. The van der Waals surface area contributed by atoms with Crippen LogP contribution in [-0.4, -0.2) is 23.8 Å². The van der Waals surface area contributed by atoms with Gasteiger partial charge in [-0.1, -0.05) is 54.6 Å². The summed E-state index contributed by atoms with van der Waals surface area (Å²) < 4.78 is 11.6. The number of hydrogen-bond donors (Lipinski definition) is 2. The summed E-state index contributed by atoms with van der Waals surface area (Å²) in [4.78, 5) is 12.5. The largest absolute Gasteiger partial charge is 0.507 e. The van der Waals surface area contributed by atoms with Crippen LogP contribution in [0.25, 0.3) is 10.8 Å². The minimum absolute atomic E-state index is 0.0973. The van der Waals surface area contributed by atoms with E-state index in [4.69, 9.17) is 9.47 Å². The van der Waals surface area contributed by atoms with E-state index in [1.807, 2.05) is 73.7 Å². The Bertz CT molecular complexity index is 1290. The highest BCUT2D eigenvalue weighted by Gasteiger charge is 2.12. The Morgan fingerprint density at radius 1 is 0.909 bits per heavy atom. The van der Waals surface area contributed by atoms with E-state index in [1.165, 1.54) is 6.21 Å². The van der Waals surface area contributed by atoms with E-state index in [0.717, 1.165) is 21.9 Å². The smallest absolute Gasteiger partial charge is 0.275 e. The van der Waals surface area contributed by atoms with Crippen molar-refractivity contribution in [1.82, 2.24) is 5.43 Å². The van der Waals surface area contributed by atoms with Crippen molar-refractivity contribution in [3.63, 3.8) is 0 Å². The molecule has 6 nitrogen and oxygen atoms in total. The third kappa shape index (κ3) is 5.49. The van der Waals surface area contributed by atoms with Gasteiger partial charge in [0.15, 0.2) is 11.5 Å². The van der Waals surface area contributed by atoms with Gasteiger partial charge < -0.3 is 14.6 Å². The summed E-state index contributed by atoms with van der Waals surface area (Å²) in [6, 6.07) is 26.0. The molecule has 4 rings (SSSR count). The topological polar surface area (TPSA) is 80.2 Å². The van der Waals surface area contributed by atoms with Gasteiger partial charge in [0.1, 0.15) is 12.4 Å². The fraction of sp³-hybridized carbons (Fsp3) is 0.111. The number of rotatable bonds is 8. The molecule has 0 unspecified atom stereocenters. The van der Waals surface area contributed by atoms with Gasteiger partial charge in [-0.15, -0.1) is 0 Å². The third-order valence-electron chi connectivity index (χ3n) is 4.99. The second kappa shape index (κ2) is 10.3. The van der Waals surface area contributed by atoms with Gasteiger partial charge in [-0.2, -0.15) is 5.10 Å². The van der Waals surface area contributed by atoms with Gasteiger partial charge in [0, 0.05) is 0 Å². The number of nitrogens with zero attached hydrogens (tertiary/aromatic N) is 1. The minimum atomic E-state index is -0.498. The number of carbonyl (C=O) groups is 1. The van der Waals surface area contributed by atoms with Gasteiger partial charge in [-0.25, -0.2) is 5.43 Å². The SMILES string of the molecule is CCOc1cc(/C=N/NC(=O)c2cc3ccccc3cc2O)ccc1OCc1ccccc1. The summed E-state index contributed by atoms with van der Waals surface area (Å²) in [5.41, 5.74) is 4.41. The van der Waals surface area contributed by atoms with Crippen LogP contribution < -0.4 is 14.9 Å². The second-order valence-electron chi connectivity index (χ2n) is 7.33. The highest BCUT2D eigenvalue weighted by atomic mass is 16.5. The Kier molecular flexibility index (Phi) is 6.85. The number of fused-ring (bicyclic) bond motifs is 1. The lowest BCUT2D eigenvalue weighted by atomic mass is 10.1. The first-order valence-corrected chi connectivity index (χ1v) is 10.6. The van der Waals surface area contributed by atoms with Crippen LogP contribution in [0.3, 0.4) is 0 Å². The number of benzene rings is 4. The Hall–Kier alpha value is -4.32. The van der Waals surface area contributed by atoms with Gasteiger partial charge in [0.25, 0.3) is 5.91 Å². The van der Waals surface area contributed by atoms with Crippen molar-refractivity contribution in [1.29, 1.82) is 0 Å². The second-order valence-corrected chi connectivity index (χ2v) is 7.33. The van der Waals surface area contributed by atoms with E-state index in [2.05, 4.69) is 10.5 Å². The Morgan fingerprint density at radius 2 is 1.64 bits per heavy atom. The Labute approximate surface area is 192 Å². The molecule has 0 heterocycles. The van der Waals surface area contributed by atoms with E-state index < -0.39 is 5.91 Å². The number of nitrogens with one attached hydrogen (secondary N) is 1. The number of carbonyl (C=O) groups excluding carboxylic acids is 1. The molecule has 4 aromatic carbocycles. The summed E-state index contributed by atoms with van der Waals surface area (Å²) >= 11 is 0. The molecule has 0 bridgehead atoms. The van der Waals surface area contributed by atoms with Crippen LogP contribution in [0.5, 0.6) is 17.2 Å². The van der Waals surface area contributed by atoms with Crippen molar-refractivity contribution < 1.29 is 19.4 Å². The highest BCUT2D eigenvalue weighted by Crippen LogP contribution is 2.29. The first-order chi connectivity index (χ1) is 16.1. The molecule has 0 aliphatic heterocycles. The van der Waals surface area contributed by atoms with Crippen LogP contribution in [0.2, 0.25) is 0 Å². The van der Waals surface area contributed by atoms with Crippen LogP contribution >= 0.6 is 0 Å². The molecule has 0 radical (unpaired) electrons. The molecule has 1 amide bonds. The maximum atomic E-state index is 12.5. The number of amides is 1. The Morgan fingerprint density at radius 3 is 2.39 bits per heavy atom. The summed E-state index contributed by atoms with van der Waals surface area (Å²) in [6.07, 6.45) is 1.51. The van der Waals surface area contributed by atoms with Crippen LogP contribution in [-0.2, 0) is 6.61 Å². The number of hydrazone groups is 1. The molecule has 0 aliphatic rings. The van der Waals surface area contributed by atoms with E-state index in [9.17, 15) is 9.90 Å². The lowest BCUT2D eigenvalue weighted by Crippen LogP contribution is -2.17. The number of phenols is 1. The van der Waals surface area contributed by atoms with E-state index in [1.54, 1.807) is 18.2 Å². The highest BCUT2D eigenvalue weighted by molar-refractivity contribution is 6.01. The van der Waals surface area contributed by atoms with Crippen LogP contribution in [0.4, 0.5) is 0 Å². The van der Waals surface area contributed by atoms with Crippen LogP contribution in [0.1, 0.15) is 28.4 Å². The molecular weight excluding hydrogens is 416 g/mol. The summed E-state index contributed by atoms with van der Waals surface area (Å²) in [5.74, 6) is 0.626. The molecule has 0 saturated carbocycles. The average Bonchev–Trinajstić information content (AvgIpc) is 2.84. The predicted molar refractivity (Wildman–Crippen MR) is 129 cm³/mol. The van der Waals surface area contributed by atoms with Crippen LogP contribution in [0, 0.1) is 0 Å². The maximum Gasteiger partial charge on any atom is 0.275 e. The van der Waals surface area contributed by atoms with Gasteiger partial charge in [-0.3, -0.25) is 4.79 Å². The fourth-order valence-corrected chi connectivity index (χ4v) is 3.36. The molecule has 4 aromatic rings. The lowest BCUT2D eigenvalue weighted by Gasteiger charge is -2.12. The van der Waals surface area contributed by atoms with Crippen molar-refractivity contribution in [3.05, 3.63) is 102 Å². The minimum Gasteiger partial charge on any atom is -0.507 e. The molecule has 0 spiro atoms. The summed E-state index contributed by atoms with van der Waals surface area (Å²) in [7, 11) is 0. The van der Waals surface area contributed by atoms with E-state index in [0.29, 0.717) is 24.7 Å². The molecule has 6 heteroatoms. The monoisotopic (exact) mass is 440 g/mol. The van der Waals surface area contributed by atoms with E-state index in [-0.39, 0.29) is 11.3 Å². The molecule has 0 aliphatic carbocycles. The summed E-state index contributed by atoms with van der Waals surface area (Å²) in [6.45, 7) is 2.82. The summed E-state index contributed by atoms with van der Waals surface area (Å²) in [5, 5.41) is 16.0. The maximum absolute atomic E-state index is 12.5. The van der Waals surface area contributed by atoms with Crippen molar-refractivity contribution >= 4 is 22.9 Å². The third-order valence-corrected chi connectivity index (χ3v) is 4.99. The van der Waals surface area contributed by atoms with Crippen molar-refractivity contribution in [2.24, 2.45) is 5.10 Å². The quantitative estimate of drug-likeness (QED) is 0.288. The van der Waals surface area contributed by atoms with Gasteiger partial charge >= 0.3 is 0 Å². The molecule has 0 fully saturated rings. The number of hydrogen-bond acceptors (Lipinski definition) is 5. The van der Waals surface area contributed by atoms with Gasteiger partial charge in [-0.05, 0) is 59.2 Å². The van der Waals surface area contributed by atoms with Gasteiger partial charge in [0.05, 0.1) is 18.4 Å². The lowest BCUT2D eigenvalue weighted by molar-refractivity contribution is 0.0952. The molecule has 33 heavy (non-hydrogen) atoms.